The topological polar surface area (TPSA) is 36.7 Å². The molecule has 0 amide bonds. The third-order valence-corrected chi connectivity index (χ3v) is 4.38. The summed E-state index contributed by atoms with van der Waals surface area (Å²) in [5.74, 6) is 0. The molecule has 0 aliphatic rings. The summed E-state index contributed by atoms with van der Waals surface area (Å²) < 4.78 is 39.3. The van der Waals surface area contributed by atoms with Gasteiger partial charge in [-0.2, -0.15) is 18.4 Å². The van der Waals surface area contributed by atoms with Crippen molar-refractivity contribution < 1.29 is 13.2 Å². The molecule has 3 aromatic rings. The van der Waals surface area contributed by atoms with Crippen molar-refractivity contribution in [1.82, 2.24) is 4.98 Å². The van der Waals surface area contributed by atoms with E-state index in [0.29, 0.717) is 10.7 Å². The van der Waals surface area contributed by atoms with Gasteiger partial charge in [-0.1, -0.05) is 48.5 Å². The van der Waals surface area contributed by atoms with Crippen LogP contribution in [0, 0.1) is 11.3 Å². The van der Waals surface area contributed by atoms with E-state index in [2.05, 4.69) is 4.98 Å². The Morgan fingerprint density at radius 1 is 1.04 bits per heavy atom. The molecule has 124 valence electrons. The number of thiazole rings is 1. The van der Waals surface area contributed by atoms with Gasteiger partial charge in [0.2, 0.25) is 0 Å². The lowest BCUT2D eigenvalue weighted by Crippen LogP contribution is -2.07. The second-order valence-electron chi connectivity index (χ2n) is 5.16. The molecule has 0 spiro atoms. The third-order valence-electron chi connectivity index (χ3n) is 3.49. The van der Waals surface area contributed by atoms with Gasteiger partial charge < -0.3 is 0 Å². The molecule has 1 aromatic heterocycles. The number of nitrogens with zero attached hydrogens (tertiary/aromatic N) is 2. The van der Waals surface area contributed by atoms with Crippen molar-refractivity contribution in [2.75, 3.05) is 0 Å². The molecule has 0 saturated carbocycles. The van der Waals surface area contributed by atoms with Crippen molar-refractivity contribution in [3.05, 3.63) is 76.8 Å². The van der Waals surface area contributed by atoms with E-state index in [-0.39, 0.29) is 11.1 Å². The lowest BCUT2D eigenvalue weighted by molar-refractivity contribution is -0.137. The van der Waals surface area contributed by atoms with Gasteiger partial charge in [0.15, 0.2) is 0 Å². The highest BCUT2D eigenvalue weighted by Crippen LogP contribution is 2.34. The number of alkyl halides is 3. The minimum atomic E-state index is -4.48. The molecule has 0 N–H and O–H groups in total. The summed E-state index contributed by atoms with van der Waals surface area (Å²) in [5.41, 5.74) is 0.521. The molecule has 0 atom stereocenters. The SMILES string of the molecule is N#C/C(=C\c1ccccc1C(F)(F)F)c1csc(-c2ccccc2)n1. The van der Waals surface area contributed by atoms with Crippen LogP contribution >= 0.6 is 11.3 Å². The van der Waals surface area contributed by atoms with Crippen molar-refractivity contribution in [3.63, 3.8) is 0 Å². The Labute approximate surface area is 146 Å². The fourth-order valence-electron chi connectivity index (χ4n) is 2.31. The molecule has 0 unspecified atom stereocenters. The normalized spacial score (nSPS) is 12.0. The molecule has 2 aromatic carbocycles. The van der Waals surface area contributed by atoms with Crippen LogP contribution in [0.1, 0.15) is 16.8 Å². The molecule has 3 rings (SSSR count). The average molecular weight is 356 g/mol. The fourth-order valence-corrected chi connectivity index (χ4v) is 3.14. The number of aromatic nitrogens is 1. The number of hydrogen-bond acceptors (Lipinski definition) is 3. The number of rotatable bonds is 3. The summed E-state index contributed by atoms with van der Waals surface area (Å²) in [5, 5.41) is 11.8. The van der Waals surface area contributed by atoms with Crippen molar-refractivity contribution >= 4 is 23.0 Å². The quantitative estimate of drug-likeness (QED) is 0.548. The van der Waals surface area contributed by atoms with Gasteiger partial charge in [-0.15, -0.1) is 11.3 Å². The zero-order valence-corrected chi connectivity index (χ0v) is 13.6. The van der Waals surface area contributed by atoms with E-state index < -0.39 is 11.7 Å². The summed E-state index contributed by atoms with van der Waals surface area (Å²) >= 11 is 1.34. The highest BCUT2D eigenvalue weighted by Gasteiger charge is 2.32. The van der Waals surface area contributed by atoms with Crippen LogP contribution in [0.4, 0.5) is 13.2 Å². The second kappa shape index (κ2) is 6.91. The van der Waals surface area contributed by atoms with Crippen LogP contribution in [-0.4, -0.2) is 4.98 Å². The molecule has 0 radical (unpaired) electrons. The minimum Gasteiger partial charge on any atom is -0.235 e. The van der Waals surface area contributed by atoms with E-state index in [1.165, 1.54) is 35.6 Å². The predicted molar refractivity (Wildman–Crippen MR) is 92.5 cm³/mol. The molecule has 0 aliphatic heterocycles. The van der Waals surface area contributed by atoms with Gasteiger partial charge in [0, 0.05) is 10.9 Å². The lowest BCUT2D eigenvalue weighted by atomic mass is 10.0. The Kier molecular flexibility index (Phi) is 4.68. The van der Waals surface area contributed by atoms with Crippen molar-refractivity contribution in [1.29, 1.82) is 5.26 Å². The van der Waals surface area contributed by atoms with Crippen LogP contribution in [0.25, 0.3) is 22.2 Å². The van der Waals surface area contributed by atoms with Crippen LogP contribution in [-0.2, 0) is 6.18 Å². The predicted octanol–water partition coefficient (Wildman–Crippen LogP) is 5.89. The molecule has 6 heteroatoms. The fraction of sp³-hybridized carbons (Fsp3) is 0.0526. The standard InChI is InChI=1S/C19H11F3N2S/c20-19(21,22)16-9-5-4-8-14(16)10-15(11-23)17-12-25-18(24-17)13-6-2-1-3-7-13/h1-10,12H/b15-10+. The molecule has 0 saturated heterocycles. The van der Waals surface area contributed by atoms with E-state index in [1.54, 1.807) is 5.38 Å². The minimum absolute atomic E-state index is 0.0548. The van der Waals surface area contributed by atoms with E-state index in [1.807, 2.05) is 36.4 Å². The second-order valence-corrected chi connectivity index (χ2v) is 6.02. The van der Waals surface area contributed by atoms with Gasteiger partial charge in [-0.05, 0) is 17.7 Å². The van der Waals surface area contributed by atoms with Crippen molar-refractivity contribution in [2.24, 2.45) is 0 Å². The summed E-state index contributed by atoms with van der Waals surface area (Å²) in [6, 6.07) is 16.5. The first-order chi connectivity index (χ1) is 12.0. The Morgan fingerprint density at radius 2 is 1.72 bits per heavy atom. The highest BCUT2D eigenvalue weighted by atomic mass is 32.1. The lowest BCUT2D eigenvalue weighted by Gasteiger charge is -2.09. The van der Waals surface area contributed by atoms with Crippen molar-refractivity contribution in [2.45, 2.75) is 6.18 Å². The van der Waals surface area contributed by atoms with Gasteiger partial charge in [0.1, 0.15) is 11.1 Å². The Bertz CT molecular complexity index is 951. The first kappa shape index (κ1) is 16.9. The third kappa shape index (κ3) is 3.78. The van der Waals surface area contributed by atoms with E-state index in [4.69, 9.17) is 0 Å². The summed E-state index contributed by atoms with van der Waals surface area (Å²) in [6.07, 6.45) is -3.25. The first-order valence-electron chi connectivity index (χ1n) is 7.28. The largest absolute Gasteiger partial charge is 0.416 e. The Morgan fingerprint density at radius 3 is 2.40 bits per heavy atom. The number of benzene rings is 2. The van der Waals surface area contributed by atoms with Crippen LogP contribution in [0.5, 0.6) is 0 Å². The van der Waals surface area contributed by atoms with Crippen LogP contribution in [0.2, 0.25) is 0 Å². The van der Waals surface area contributed by atoms with Gasteiger partial charge in [0.25, 0.3) is 0 Å². The summed E-state index contributed by atoms with van der Waals surface area (Å²) in [6.45, 7) is 0. The molecular formula is C19H11F3N2S. The maximum atomic E-state index is 13.1. The van der Waals surface area contributed by atoms with Crippen LogP contribution in [0.3, 0.4) is 0 Å². The van der Waals surface area contributed by atoms with Gasteiger partial charge >= 0.3 is 6.18 Å². The molecular weight excluding hydrogens is 345 g/mol. The Balaban J connectivity index is 2.01. The molecule has 0 aliphatic carbocycles. The average Bonchev–Trinajstić information content (AvgIpc) is 3.10. The molecule has 25 heavy (non-hydrogen) atoms. The molecule has 0 bridgehead atoms. The number of allylic oxidation sites excluding steroid dienone is 1. The van der Waals surface area contributed by atoms with Crippen molar-refractivity contribution in [3.8, 4) is 16.6 Å². The number of halogens is 3. The number of nitriles is 1. The van der Waals surface area contributed by atoms with E-state index in [0.717, 1.165) is 11.6 Å². The summed E-state index contributed by atoms with van der Waals surface area (Å²) in [4.78, 5) is 4.39. The summed E-state index contributed by atoms with van der Waals surface area (Å²) in [7, 11) is 0. The monoisotopic (exact) mass is 356 g/mol. The molecule has 1 heterocycles. The van der Waals surface area contributed by atoms with Crippen LogP contribution in [0.15, 0.2) is 60.0 Å². The van der Waals surface area contributed by atoms with Crippen LogP contribution < -0.4 is 0 Å². The maximum absolute atomic E-state index is 13.1. The highest BCUT2D eigenvalue weighted by molar-refractivity contribution is 7.13. The Hall–Kier alpha value is -2.91. The van der Waals surface area contributed by atoms with Gasteiger partial charge in [-0.25, -0.2) is 4.98 Å². The molecule has 2 nitrogen and oxygen atoms in total. The zero-order chi connectivity index (χ0) is 17.9. The van der Waals surface area contributed by atoms with E-state index >= 15 is 0 Å². The molecule has 0 fully saturated rings. The maximum Gasteiger partial charge on any atom is 0.416 e. The smallest absolute Gasteiger partial charge is 0.235 e. The first-order valence-corrected chi connectivity index (χ1v) is 8.16. The van der Waals surface area contributed by atoms with Gasteiger partial charge in [0.05, 0.1) is 16.8 Å². The van der Waals surface area contributed by atoms with E-state index in [9.17, 15) is 18.4 Å². The number of hydrogen-bond donors (Lipinski definition) is 0. The zero-order valence-electron chi connectivity index (χ0n) is 12.8. The van der Waals surface area contributed by atoms with Gasteiger partial charge in [-0.3, -0.25) is 0 Å².